The smallest absolute Gasteiger partial charge is 0.274 e. The number of nitrogens with one attached hydrogen (secondary N) is 1. The fraction of sp³-hybridized carbons (Fsp3) is 0.529. The molecule has 0 unspecified atom stereocenters. The molecule has 0 aliphatic carbocycles. The summed E-state index contributed by atoms with van der Waals surface area (Å²) in [4.78, 5) is 33.4. The quantitative estimate of drug-likeness (QED) is 0.907. The van der Waals surface area contributed by atoms with E-state index in [0.717, 1.165) is 42.5 Å². The average Bonchev–Trinajstić information content (AvgIpc) is 3.24. The number of H-pyrrole nitrogens is 1. The number of anilines is 1. The van der Waals surface area contributed by atoms with E-state index in [0.29, 0.717) is 18.8 Å². The zero-order valence-corrected chi connectivity index (χ0v) is 14.2. The topological polar surface area (TPSA) is 78.0 Å². The summed E-state index contributed by atoms with van der Waals surface area (Å²) in [6.07, 6.45) is 4.82. The van der Waals surface area contributed by atoms with E-state index in [-0.39, 0.29) is 5.91 Å². The van der Waals surface area contributed by atoms with Gasteiger partial charge in [-0.25, -0.2) is 15.0 Å². The molecule has 0 radical (unpaired) electrons. The number of carbonyl (C=O) groups excluding carboxylic acids is 1. The molecule has 2 aromatic heterocycles. The van der Waals surface area contributed by atoms with E-state index in [1.807, 2.05) is 18.7 Å². The maximum atomic E-state index is 12.7. The van der Waals surface area contributed by atoms with Crippen molar-refractivity contribution in [1.82, 2.24) is 24.8 Å². The third kappa shape index (κ3) is 2.53. The second-order valence-electron chi connectivity index (χ2n) is 6.57. The van der Waals surface area contributed by atoms with Crippen molar-refractivity contribution in [3.8, 4) is 0 Å². The second-order valence-corrected chi connectivity index (χ2v) is 6.57. The highest BCUT2D eigenvalue weighted by Gasteiger charge is 2.29. The first-order valence-corrected chi connectivity index (χ1v) is 8.54. The van der Waals surface area contributed by atoms with Crippen molar-refractivity contribution >= 4 is 11.7 Å². The van der Waals surface area contributed by atoms with Gasteiger partial charge in [0, 0.05) is 30.9 Å². The fourth-order valence-corrected chi connectivity index (χ4v) is 3.62. The zero-order chi connectivity index (χ0) is 16.7. The normalized spacial score (nSPS) is 17.2. The highest BCUT2D eigenvalue weighted by molar-refractivity contribution is 5.93. The van der Waals surface area contributed by atoms with Gasteiger partial charge in [-0.3, -0.25) is 4.79 Å². The minimum atomic E-state index is -0.0293. The first-order chi connectivity index (χ1) is 11.6. The van der Waals surface area contributed by atoms with Gasteiger partial charge >= 0.3 is 0 Å². The lowest BCUT2D eigenvalue weighted by Gasteiger charge is -2.31. The minimum absolute atomic E-state index is 0.0293. The van der Waals surface area contributed by atoms with Gasteiger partial charge in [-0.2, -0.15) is 0 Å². The van der Waals surface area contributed by atoms with Gasteiger partial charge < -0.3 is 14.8 Å². The number of hydrogen-bond donors (Lipinski definition) is 1. The molecule has 126 valence electrons. The molecule has 0 atom stereocenters. The number of rotatable bonds is 2. The molecule has 0 saturated carbocycles. The van der Waals surface area contributed by atoms with E-state index in [1.54, 1.807) is 6.33 Å². The van der Waals surface area contributed by atoms with Crippen LogP contribution in [-0.2, 0) is 13.0 Å². The molecule has 1 N–H and O–H groups in total. The summed E-state index contributed by atoms with van der Waals surface area (Å²) in [5.41, 5.74) is 3.51. The number of aromatic amines is 1. The Morgan fingerprint density at radius 3 is 2.67 bits per heavy atom. The number of aromatic nitrogens is 4. The van der Waals surface area contributed by atoms with Crippen molar-refractivity contribution in [2.24, 2.45) is 0 Å². The Morgan fingerprint density at radius 2 is 1.96 bits per heavy atom. The highest BCUT2D eigenvalue weighted by atomic mass is 16.2. The predicted molar refractivity (Wildman–Crippen MR) is 90.0 cm³/mol. The number of hydrogen-bond acceptors (Lipinski definition) is 5. The average molecular weight is 326 g/mol. The van der Waals surface area contributed by atoms with Gasteiger partial charge in [0.15, 0.2) is 0 Å². The third-order valence-corrected chi connectivity index (χ3v) is 4.88. The minimum Gasteiger partial charge on any atom is -0.356 e. The first-order valence-electron chi connectivity index (χ1n) is 8.54. The lowest BCUT2D eigenvalue weighted by molar-refractivity contribution is 0.0725. The molecular formula is C17H22N6O. The van der Waals surface area contributed by atoms with Crippen LogP contribution in [0.15, 0.2) is 6.33 Å². The van der Waals surface area contributed by atoms with Crippen molar-refractivity contribution in [2.75, 3.05) is 24.5 Å². The number of imidazole rings is 1. The zero-order valence-electron chi connectivity index (χ0n) is 14.2. The van der Waals surface area contributed by atoms with Crippen LogP contribution in [0.2, 0.25) is 0 Å². The summed E-state index contributed by atoms with van der Waals surface area (Å²) in [7, 11) is 0. The largest absolute Gasteiger partial charge is 0.356 e. The predicted octanol–water partition coefficient (Wildman–Crippen LogP) is 1.62. The summed E-state index contributed by atoms with van der Waals surface area (Å²) in [6, 6.07) is 0. The molecule has 0 aromatic carbocycles. The molecule has 0 bridgehead atoms. The lowest BCUT2D eigenvalue weighted by atomic mass is 10.0. The van der Waals surface area contributed by atoms with Crippen molar-refractivity contribution in [3.05, 3.63) is 34.8 Å². The molecule has 2 aliphatic rings. The Hall–Kier alpha value is -2.44. The van der Waals surface area contributed by atoms with E-state index in [1.165, 1.54) is 18.4 Å². The van der Waals surface area contributed by atoms with E-state index in [4.69, 9.17) is 4.98 Å². The Balaban J connectivity index is 1.63. The molecule has 1 amide bonds. The van der Waals surface area contributed by atoms with Crippen molar-refractivity contribution in [1.29, 1.82) is 0 Å². The number of aryl methyl sites for hydroxylation is 2. The Labute approximate surface area is 141 Å². The molecule has 4 rings (SSSR count). The van der Waals surface area contributed by atoms with Crippen LogP contribution in [0.25, 0.3) is 0 Å². The van der Waals surface area contributed by atoms with E-state index in [2.05, 4.69) is 19.9 Å². The fourth-order valence-electron chi connectivity index (χ4n) is 3.62. The molecule has 0 spiro atoms. The van der Waals surface area contributed by atoms with Crippen LogP contribution in [0.3, 0.4) is 0 Å². The van der Waals surface area contributed by atoms with Gasteiger partial charge in [0.1, 0.15) is 17.3 Å². The molecule has 24 heavy (non-hydrogen) atoms. The van der Waals surface area contributed by atoms with Crippen LogP contribution in [-0.4, -0.2) is 50.4 Å². The van der Waals surface area contributed by atoms with Crippen LogP contribution in [0.5, 0.6) is 0 Å². The molecule has 1 fully saturated rings. The van der Waals surface area contributed by atoms with Crippen molar-refractivity contribution in [3.63, 3.8) is 0 Å². The van der Waals surface area contributed by atoms with Gasteiger partial charge in [0.2, 0.25) is 0 Å². The molecule has 2 aliphatic heterocycles. The third-order valence-electron chi connectivity index (χ3n) is 4.88. The van der Waals surface area contributed by atoms with Crippen LogP contribution >= 0.6 is 0 Å². The lowest BCUT2D eigenvalue weighted by Crippen LogP contribution is -2.38. The van der Waals surface area contributed by atoms with Crippen LogP contribution in [0.1, 0.15) is 46.1 Å². The number of nitrogens with zero attached hydrogens (tertiary/aromatic N) is 5. The van der Waals surface area contributed by atoms with Crippen molar-refractivity contribution in [2.45, 2.75) is 39.7 Å². The number of carbonyl (C=O) groups is 1. The maximum absolute atomic E-state index is 12.7. The monoisotopic (exact) mass is 326 g/mol. The SMILES string of the molecule is Cc1nc2c(c(N3CCCC3)n1)CCN(C(=O)c1nc[nH]c1C)C2. The van der Waals surface area contributed by atoms with Gasteiger partial charge in [-0.1, -0.05) is 0 Å². The number of fused-ring (bicyclic) bond motifs is 1. The molecule has 1 saturated heterocycles. The Morgan fingerprint density at radius 1 is 1.17 bits per heavy atom. The Kier molecular flexibility index (Phi) is 3.70. The van der Waals surface area contributed by atoms with Gasteiger partial charge in [0.25, 0.3) is 5.91 Å². The highest BCUT2D eigenvalue weighted by Crippen LogP contribution is 2.29. The molecular weight excluding hydrogens is 304 g/mol. The van der Waals surface area contributed by atoms with E-state index < -0.39 is 0 Å². The summed E-state index contributed by atoms with van der Waals surface area (Å²) in [5, 5.41) is 0. The van der Waals surface area contributed by atoms with Crippen LogP contribution in [0, 0.1) is 13.8 Å². The molecule has 4 heterocycles. The van der Waals surface area contributed by atoms with Gasteiger partial charge in [-0.05, 0) is 33.1 Å². The summed E-state index contributed by atoms with van der Waals surface area (Å²) < 4.78 is 0. The Bertz CT molecular complexity index is 777. The standard InChI is InChI=1S/C17H22N6O/c1-11-15(19-10-18-11)17(24)23-8-5-13-14(9-23)20-12(2)21-16(13)22-6-3-4-7-22/h10H,3-9H2,1-2H3,(H,18,19). The summed E-state index contributed by atoms with van der Waals surface area (Å²) in [5.74, 6) is 1.83. The number of amides is 1. The second kappa shape index (κ2) is 5.89. The molecule has 2 aromatic rings. The summed E-state index contributed by atoms with van der Waals surface area (Å²) >= 11 is 0. The summed E-state index contributed by atoms with van der Waals surface area (Å²) in [6.45, 7) is 7.15. The molecule has 7 nitrogen and oxygen atoms in total. The van der Waals surface area contributed by atoms with E-state index in [9.17, 15) is 4.79 Å². The van der Waals surface area contributed by atoms with Gasteiger partial charge in [-0.15, -0.1) is 0 Å². The van der Waals surface area contributed by atoms with Gasteiger partial charge in [0.05, 0.1) is 18.6 Å². The van der Waals surface area contributed by atoms with Crippen LogP contribution in [0.4, 0.5) is 5.82 Å². The van der Waals surface area contributed by atoms with Crippen molar-refractivity contribution < 1.29 is 4.79 Å². The molecule has 7 heteroatoms. The van der Waals surface area contributed by atoms with E-state index >= 15 is 0 Å². The maximum Gasteiger partial charge on any atom is 0.274 e. The van der Waals surface area contributed by atoms with Crippen LogP contribution < -0.4 is 4.90 Å². The first kappa shape index (κ1) is 15.1.